The third kappa shape index (κ3) is 7.17. The molecular weight excluding hydrogens is 542 g/mol. The summed E-state index contributed by atoms with van der Waals surface area (Å²) in [6.45, 7) is 1.67. The second-order valence-corrected chi connectivity index (χ2v) is 10.1. The van der Waals surface area contributed by atoms with Crippen LogP contribution in [-0.4, -0.2) is 33.2 Å². The van der Waals surface area contributed by atoms with Crippen molar-refractivity contribution in [2.75, 3.05) is 23.8 Å². The zero-order valence-corrected chi connectivity index (χ0v) is 21.5. The number of anilines is 2. The highest BCUT2D eigenvalue weighted by Crippen LogP contribution is 2.22. The van der Waals surface area contributed by atoms with Gasteiger partial charge in [0.2, 0.25) is 0 Å². The molecule has 0 heterocycles. The largest absolute Gasteiger partial charge is 0.497 e. The Morgan fingerprint density at radius 3 is 2.26 bits per heavy atom. The number of aryl methyl sites for hydroxylation is 1. The first kappa shape index (κ1) is 25.5. The summed E-state index contributed by atoms with van der Waals surface area (Å²) in [6, 6.07) is 17.9. The van der Waals surface area contributed by atoms with E-state index in [9.17, 15) is 13.2 Å². The number of ether oxygens (including phenoxy) is 2. The van der Waals surface area contributed by atoms with E-state index in [1.54, 1.807) is 42.5 Å². The average Bonchev–Trinajstić information content (AvgIpc) is 2.79. The lowest BCUT2D eigenvalue weighted by molar-refractivity contribution is -0.121. The molecule has 0 aliphatic rings. The number of halogens is 1. The number of hydrogen-bond donors (Lipinski definition) is 3. The van der Waals surface area contributed by atoms with E-state index < -0.39 is 15.9 Å². The van der Waals surface area contributed by atoms with Crippen LogP contribution in [0.25, 0.3) is 0 Å². The Kier molecular flexibility index (Phi) is 8.48. The minimum absolute atomic E-state index is 0.0630. The number of hydrogen-bond acceptors (Lipinski definition) is 6. The second kappa shape index (κ2) is 11.3. The number of carbonyl (C=O) groups excluding carboxylic acids is 1. The van der Waals surface area contributed by atoms with Crippen LogP contribution in [0.5, 0.6) is 11.5 Å². The van der Waals surface area contributed by atoms with Gasteiger partial charge in [-0.1, -0.05) is 15.9 Å². The average molecular weight is 564 g/mol. The second-order valence-electron chi connectivity index (χ2n) is 7.06. The monoisotopic (exact) mass is 563 g/mol. The fourth-order valence-corrected chi connectivity index (χ4v) is 4.60. The molecule has 0 saturated carbocycles. The van der Waals surface area contributed by atoms with E-state index in [1.807, 2.05) is 19.1 Å². The number of rotatable bonds is 8. The molecule has 0 unspecified atom stereocenters. The van der Waals surface area contributed by atoms with Gasteiger partial charge in [-0.2, -0.15) is 0 Å². The highest BCUT2D eigenvalue weighted by atomic mass is 79.9. The number of methoxy groups -OCH3 is 1. The van der Waals surface area contributed by atoms with Crippen molar-refractivity contribution >= 4 is 60.6 Å². The maximum absolute atomic E-state index is 12.6. The zero-order valence-electron chi connectivity index (χ0n) is 18.3. The van der Waals surface area contributed by atoms with E-state index in [0.717, 1.165) is 10.0 Å². The van der Waals surface area contributed by atoms with Gasteiger partial charge in [0.25, 0.3) is 15.9 Å². The molecule has 11 heteroatoms. The summed E-state index contributed by atoms with van der Waals surface area (Å²) >= 11 is 8.53. The summed E-state index contributed by atoms with van der Waals surface area (Å²) in [6.07, 6.45) is 0. The van der Waals surface area contributed by atoms with Crippen LogP contribution in [0.3, 0.4) is 0 Å². The van der Waals surface area contributed by atoms with Crippen molar-refractivity contribution in [1.82, 2.24) is 5.32 Å². The third-order valence-electron chi connectivity index (χ3n) is 4.51. The molecule has 0 saturated heterocycles. The van der Waals surface area contributed by atoms with Gasteiger partial charge in [0.1, 0.15) is 11.5 Å². The van der Waals surface area contributed by atoms with Gasteiger partial charge in [0.15, 0.2) is 11.7 Å². The van der Waals surface area contributed by atoms with Crippen molar-refractivity contribution in [3.05, 3.63) is 76.8 Å². The Bertz CT molecular complexity index is 1280. The molecule has 178 valence electrons. The van der Waals surface area contributed by atoms with Crippen molar-refractivity contribution in [2.45, 2.75) is 11.8 Å². The van der Waals surface area contributed by atoms with Gasteiger partial charge in [0, 0.05) is 15.8 Å². The van der Waals surface area contributed by atoms with Gasteiger partial charge >= 0.3 is 0 Å². The molecule has 0 aliphatic heterocycles. The lowest BCUT2D eigenvalue weighted by Crippen LogP contribution is -2.37. The molecule has 3 aromatic rings. The van der Waals surface area contributed by atoms with E-state index in [4.69, 9.17) is 21.7 Å². The maximum Gasteiger partial charge on any atom is 0.264 e. The van der Waals surface area contributed by atoms with Gasteiger partial charge < -0.3 is 14.8 Å². The van der Waals surface area contributed by atoms with Gasteiger partial charge in [-0.05, 0) is 91.4 Å². The predicted molar refractivity (Wildman–Crippen MR) is 139 cm³/mol. The molecule has 0 atom stereocenters. The van der Waals surface area contributed by atoms with Crippen LogP contribution in [0.2, 0.25) is 0 Å². The first-order valence-corrected chi connectivity index (χ1v) is 12.6. The smallest absolute Gasteiger partial charge is 0.264 e. The Labute approximate surface area is 211 Å². The molecule has 8 nitrogen and oxygen atoms in total. The van der Waals surface area contributed by atoms with Crippen LogP contribution in [-0.2, 0) is 14.8 Å². The van der Waals surface area contributed by atoms with Gasteiger partial charge in [-0.25, -0.2) is 8.42 Å². The Morgan fingerprint density at radius 1 is 1.00 bits per heavy atom. The highest BCUT2D eigenvalue weighted by molar-refractivity contribution is 9.10. The summed E-state index contributed by atoms with van der Waals surface area (Å²) in [7, 11) is -2.25. The zero-order chi connectivity index (χ0) is 24.7. The number of thiocarbonyl (C=S) groups is 1. The molecular formula is C23H22BrN3O5S2. The fourth-order valence-electron chi connectivity index (χ4n) is 2.83. The summed E-state index contributed by atoms with van der Waals surface area (Å²) in [5, 5.41) is 5.43. The van der Waals surface area contributed by atoms with Crippen molar-refractivity contribution in [1.29, 1.82) is 0 Å². The topological polar surface area (TPSA) is 106 Å². The van der Waals surface area contributed by atoms with E-state index in [1.165, 1.54) is 19.2 Å². The summed E-state index contributed by atoms with van der Waals surface area (Å²) in [5.41, 5.74) is 1.81. The predicted octanol–water partition coefficient (Wildman–Crippen LogP) is 4.46. The Balaban J connectivity index is 1.52. The SMILES string of the molecule is COc1ccc(NS(=O)(=O)c2ccc(NC(=S)NC(=O)COc3ccc(Br)cc3C)cc2)cc1. The van der Waals surface area contributed by atoms with Crippen molar-refractivity contribution in [3.8, 4) is 11.5 Å². The van der Waals surface area contributed by atoms with Crippen molar-refractivity contribution in [3.63, 3.8) is 0 Å². The quantitative estimate of drug-likeness (QED) is 0.347. The molecule has 3 rings (SSSR count). The first-order valence-electron chi connectivity index (χ1n) is 9.93. The molecule has 0 fully saturated rings. The Hall–Kier alpha value is -3.15. The van der Waals surface area contributed by atoms with Gasteiger partial charge in [-0.3, -0.25) is 14.8 Å². The van der Waals surface area contributed by atoms with Crippen molar-refractivity contribution in [2.24, 2.45) is 0 Å². The molecule has 34 heavy (non-hydrogen) atoms. The third-order valence-corrected chi connectivity index (χ3v) is 6.61. The van der Waals surface area contributed by atoms with Crippen LogP contribution >= 0.6 is 28.1 Å². The van der Waals surface area contributed by atoms with E-state index in [2.05, 4.69) is 31.3 Å². The number of benzene rings is 3. The van der Waals surface area contributed by atoms with E-state index in [0.29, 0.717) is 22.9 Å². The molecule has 0 radical (unpaired) electrons. The molecule has 3 N–H and O–H groups in total. The molecule has 3 aromatic carbocycles. The molecule has 0 bridgehead atoms. The summed E-state index contributed by atoms with van der Waals surface area (Å²) in [5.74, 6) is 0.788. The van der Waals surface area contributed by atoms with Crippen LogP contribution in [0.1, 0.15) is 5.56 Å². The highest BCUT2D eigenvalue weighted by Gasteiger charge is 2.14. The molecule has 0 spiro atoms. The van der Waals surface area contributed by atoms with Gasteiger partial charge in [0.05, 0.1) is 12.0 Å². The lowest BCUT2D eigenvalue weighted by Gasteiger charge is -2.12. The number of carbonyl (C=O) groups is 1. The van der Waals surface area contributed by atoms with Crippen molar-refractivity contribution < 1.29 is 22.7 Å². The number of sulfonamides is 1. The number of nitrogens with one attached hydrogen (secondary N) is 3. The summed E-state index contributed by atoms with van der Waals surface area (Å²) < 4.78 is 39.2. The maximum atomic E-state index is 12.6. The molecule has 0 aliphatic carbocycles. The standard InChI is InChI=1S/C23H22BrN3O5S2/c1-15-13-16(24)3-12-21(15)32-14-22(28)26-23(33)25-17-6-10-20(11-7-17)34(29,30)27-18-4-8-19(31-2)9-5-18/h3-13,27H,14H2,1-2H3,(H2,25,26,28,33). The normalized spacial score (nSPS) is 10.8. The van der Waals surface area contributed by atoms with E-state index in [-0.39, 0.29) is 16.6 Å². The Morgan fingerprint density at radius 2 is 1.65 bits per heavy atom. The molecule has 0 aromatic heterocycles. The molecule has 1 amide bonds. The van der Waals surface area contributed by atoms with Crippen LogP contribution in [0, 0.1) is 6.92 Å². The fraction of sp³-hybridized carbons (Fsp3) is 0.130. The minimum Gasteiger partial charge on any atom is -0.497 e. The van der Waals surface area contributed by atoms with Gasteiger partial charge in [-0.15, -0.1) is 0 Å². The van der Waals surface area contributed by atoms with E-state index >= 15 is 0 Å². The summed E-state index contributed by atoms with van der Waals surface area (Å²) in [4.78, 5) is 12.2. The first-order chi connectivity index (χ1) is 16.2. The van der Waals surface area contributed by atoms with Crippen LogP contribution in [0.15, 0.2) is 76.1 Å². The number of amides is 1. The lowest BCUT2D eigenvalue weighted by atomic mass is 10.2. The van der Waals surface area contributed by atoms with Crippen LogP contribution < -0.4 is 24.8 Å². The van der Waals surface area contributed by atoms with Crippen LogP contribution in [0.4, 0.5) is 11.4 Å². The minimum atomic E-state index is -3.78.